The Hall–Kier alpha value is -2.13. The third-order valence-corrected chi connectivity index (χ3v) is 6.36. The molecule has 2 aromatic carbocycles. The van der Waals surface area contributed by atoms with Gasteiger partial charge in [0.2, 0.25) is 0 Å². The Kier molecular flexibility index (Phi) is 6.11. The Labute approximate surface area is 168 Å². The van der Waals surface area contributed by atoms with Crippen molar-refractivity contribution in [2.24, 2.45) is 5.92 Å². The van der Waals surface area contributed by atoms with Gasteiger partial charge in [-0.2, -0.15) is 0 Å². The zero-order chi connectivity index (χ0) is 19.3. The smallest absolute Gasteiger partial charge is 0.314 e. The highest BCUT2D eigenvalue weighted by atomic mass is 16.5. The molecular weight excluding hydrogens is 346 g/mol. The summed E-state index contributed by atoms with van der Waals surface area (Å²) in [4.78, 5) is 14.9. The number of fused-ring (bicyclic) bond motifs is 2. The first kappa shape index (κ1) is 19.2. The van der Waals surface area contributed by atoms with Gasteiger partial charge in [0.05, 0.1) is 5.92 Å². The lowest BCUT2D eigenvalue weighted by atomic mass is 9.89. The largest absolute Gasteiger partial charge is 0.426 e. The summed E-state index contributed by atoms with van der Waals surface area (Å²) in [6.07, 6.45) is 8.54. The van der Waals surface area contributed by atoms with Gasteiger partial charge in [-0.25, -0.2) is 0 Å². The van der Waals surface area contributed by atoms with Crippen LogP contribution in [-0.4, -0.2) is 31.0 Å². The lowest BCUT2D eigenvalue weighted by Gasteiger charge is -2.23. The van der Waals surface area contributed by atoms with Gasteiger partial charge in [-0.15, -0.1) is 0 Å². The predicted molar refractivity (Wildman–Crippen MR) is 113 cm³/mol. The molecule has 0 N–H and O–H groups in total. The van der Waals surface area contributed by atoms with E-state index < -0.39 is 0 Å². The lowest BCUT2D eigenvalue weighted by Crippen LogP contribution is -2.25. The zero-order valence-corrected chi connectivity index (χ0v) is 17.0. The summed E-state index contributed by atoms with van der Waals surface area (Å²) in [6.45, 7) is 2.10. The summed E-state index contributed by atoms with van der Waals surface area (Å²) < 4.78 is 5.79. The van der Waals surface area contributed by atoms with Crippen molar-refractivity contribution >= 4 is 5.97 Å². The fourth-order valence-electron chi connectivity index (χ4n) is 4.52. The molecule has 1 aliphatic carbocycles. The molecule has 1 fully saturated rings. The maximum absolute atomic E-state index is 12.5. The Morgan fingerprint density at radius 3 is 2.36 bits per heavy atom. The van der Waals surface area contributed by atoms with Crippen molar-refractivity contribution in [1.29, 1.82) is 0 Å². The Balaban J connectivity index is 1.56. The normalized spacial score (nSPS) is 18.8. The Morgan fingerprint density at radius 1 is 0.893 bits per heavy atom. The number of carbonyl (C=O) groups is 1. The van der Waals surface area contributed by atoms with E-state index >= 15 is 0 Å². The first-order valence-electron chi connectivity index (χ1n) is 10.8. The van der Waals surface area contributed by atoms with Crippen molar-refractivity contribution in [1.82, 2.24) is 4.90 Å². The molecule has 0 saturated heterocycles. The fraction of sp³-hybridized carbons (Fsp3) is 0.480. The first-order chi connectivity index (χ1) is 13.7. The molecule has 0 amide bonds. The highest BCUT2D eigenvalue weighted by Gasteiger charge is 2.23. The van der Waals surface area contributed by atoms with Crippen molar-refractivity contribution in [2.75, 3.05) is 20.1 Å². The average Bonchev–Trinajstić information content (AvgIpc) is 2.73. The van der Waals surface area contributed by atoms with Crippen molar-refractivity contribution in [3.8, 4) is 5.75 Å². The summed E-state index contributed by atoms with van der Waals surface area (Å²) in [5.41, 5.74) is 5.50. The number of ether oxygens (including phenoxy) is 1. The molecule has 2 aromatic rings. The Bertz CT molecular complexity index is 823. The molecule has 0 atom stereocenters. The summed E-state index contributed by atoms with van der Waals surface area (Å²) >= 11 is 0. The number of benzene rings is 2. The maximum Gasteiger partial charge on any atom is 0.314 e. The maximum atomic E-state index is 12.5. The quantitative estimate of drug-likeness (QED) is 0.556. The van der Waals surface area contributed by atoms with Crippen LogP contribution in [0.1, 0.15) is 54.4 Å². The van der Waals surface area contributed by atoms with Gasteiger partial charge in [0.25, 0.3) is 0 Å². The lowest BCUT2D eigenvalue weighted by molar-refractivity contribution is -0.139. The van der Waals surface area contributed by atoms with Gasteiger partial charge >= 0.3 is 5.97 Å². The second kappa shape index (κ2) is 8.91. The van der Waals surface area contributed by atoms with Gasteiger partial charge in [-0.1, -0.05) is 49.6 Å². The highest BCUT2D eigenvalue weighted by molar-refractivity contribution is 5.75. The van der Waals surface area contributed by atoms with E-state index in [0.29, 0.717) is 5.75 Å². The van der Waals surface area contributed by atoms with Crippen molar-refractivity contribution in [2.45, 2.75) is 51.4 Å². The minimum Gasteiger partial charge on any atom is -0.426 e. The van der Waals surface area contributed by atoms with Crippen LogP contribution in [0.15, 0.2) is 42.5 Å². The van der Waals surface area contributed by atoms with Gasteiger partial charge in [0.1, 0.15) is 5.75 Å². The number of esters is 1. The molecule has 0 aromatic heterocycles. The third kappa shape index (κ3) is 4.64. The fourth-order valence-corrected chi connectivity index (χ4v) is 4.52. The van der Waals surface area contributed by atoms with E-state index in [2.05, 4.69) is 48.3 Å². The number of nitrogens with zero attached hydrogens (tertiary/aromatic N) is 1. The van der Waals surface area contributed by atoms with Gasteiger partial charge in [0.15, 0.2) is 0 Å². The molecule has 0 bridgehead atoms. The number of likely N-dealkylation sites (N-methyl/N-ethyl adjacent to an activating group) is 1. The van der Waals surface area contributed by atoms with Crippen LogP contribution in [0.2, 0.25) is 0 Å². The molecule has 0 unspecified atom stereocenters. The molecule has 28 heavy (non-hydrogen) atoms. The Morgan fingerprint density at radius 2 is 1.57 bits per heavy atom. The van der Waals surface area contributed by atoms with E-state index in [9.17, 15) is 4.79 Å². The van der Waals surface area contributed by atoms with Crippen LogP contribution in [0, 0.1) is 5.92 Å². The van der Waals surface area contributed by atoms with Crippen LogP contribution >= 0.6 is 0 Å². The van der Waals surface area contributed by atoms with E-state index in [1.165, 1.54) is 28.7 Å². The van der Waals surface area contributed by atoms with Crippen LogP contribution in [0.25, 0.3) is 0 Å². The minimum absolute atomic E-state index is 0.0398. The monoisotopic (exact) mass is 377 g/mol. The summed E-state index contributed by atoms with van der Waals surface area (Å²) in [5.74, 6) is 0.754. The van der Waals surface area contributed by atoms with Crippen LogP contribution in [0.3, 0.4) is 0 Å². The zero-order valence-electron chi connectivity index (χ0n) is 17.0. The van der Waals surface area contributed by atoms with Crippen LogP contribution in [0.5, 0.6) is 5.75 Å². The second-order valence-electron chi connectivity index (χ2n) is 8.44. The van der Waals surface area contributed by atoms with Gasteiger partial charge < -0.3 is 9.64 Å². The van der Waals surface area contributed by atoms with E-state index in [0.717, 1.165) is 58.0 Å². The summed E-state index contributed by atoms with van der Waals surface area (Å²) in [7, 11) is 2.19. The van der Waals surface area contributed by atoms with Crippen molar-refractivity contribution in [3.05, 3.63) is 64.7 Å². The number of hydrogen-bond donors (Lipinski definition) is 0. The van der Waals surface area contributed by atoms with E-state index in [-0.39, 0.29) is 11.9 Å². The van der Waals surface area contributed by atoms with E-state index in [1.54, 1.807) is 0 Å². The van der Waals surface area contributed by atoms with Crippen LogP contribution in [0.4, 0.5) is 0 Å². The number of carbonyl (C=O) groups excluding carboxylic acids is 1. The molecule has 1 heterocycles. The van der Waals surface area contributed by atoms with Gasteiger partial charge in [-0.05, 0) is 73.5 Å². The van der Waals surface area contributed by atoms with Gasteiger partial charge in [-0.3, -0.25) is 4.79 Å². The highest BCUT2D eigenvalue weighted by Crippen LogP contribution is 2.28. The summed E-state index contributed by atoms with van der Waals surface area (Å²) in [5, 5.41) is 0. The molecule has 0 spiro atoms. The number of hydrogen-bond acceptors (Lipinski definition) is 3. The van der Waals surface area contributed by atoms with Crippen molar-refractivity contribution in [3.63, 3.8) is 0 Å². The third-order valence-electron chi connectivity index (χ3n) is 6.36. The molecule has 3 nitrogen and oxygen atoms in total. The average molecular weight is 378 g/mol. The molecule has 3 heteroatoms. The molecule has 2 aliphatic rings. The molecule has 148 valence electrons. The van der Waals surface area contributed by atoms with E-state index in [1.807, 2.05) is 6.07 Å². The van der Waals surface area contributed by atoms with Crippen LogP contribution in [-0.2, 0) is 24.1 Å². The molecule has 1 saturated carbocycles. The topological polar surface area (TPSA) is 29.5 Å². The molecule has 0 radical (unpaired) electrons. The minimum atomic E-state index is -0.0398. The predicted octanol–water partition coefficient (Wildman–Crippen LogP) is 4.79. The standard InChI is InChI=1S/C25H31NO2/c1-26-15-13-19-7-5-6-10-21(19)17-22-11-12-24(18-23(22)14-16-26)28-25(27)20-8-3-2-4-9-20/h5-7,10-12,18,20H,2-4,8-9,13-17H2,1H3. The van der Waals surface area contributed by atoms with E-state index in [4.69, 9.17) is 4.74 Å². The summed E-state index contributed by atoms with van der Waals surface area (Å²) in [6, 6.07) is 15.0. The van der Waals surface area contributed by atoms with Crippen molar-refractivity contribution < 1.29 is 9.53 Å². The van der Waals surface area contributed by atoms with Crippen LogP contribution < -0.4 is 4.74 Å². The molecule has 1 aliphatic heterocycles. The second-order valence-corrected chi connectivity index (χ2v) is 8.44. The number of rotatable bonds is 2. The van der Waals surface area contributed by atoms with Gasteiger partial charge in [0, 0.05) is 13.1 Å². The SMILES string of the molecule is CN1CCc2ccccc2Cc2ccc(OC(=O)C3CCCCC3)cc2CC1. The molecular formula is C25H31NO2. The first-order valence-corrected chi connectivity index (χ1v) is 10.8. The molecule has 4 rings (SSSR count).